The Bertz CT molecular complexity index is 973. The predicted octanol–water partition coefficient (Wildman–Crippen LogP) is 5.41. The molecular weight excluding hydrogens is 424 g/mol. The largest absolute Gasteiger partial charge is 0.493 e. The second-order valence-electron chi connectivity index (χ2n) is 5.54. The molecule has 1 aliphatic heterocycles. The molecular formula is C18H12BrClN2O2S. The third kappa shape index (κ3) is 3.42. The maximum Gasteiger partial charge on any atom is 0.258 e. The minimum absolute atomic E-state index is 0.283. The van der Waals surface area contributed by atoms with E-state index in [4.69, 9.17) is 16.3 Å². The Kier molecular flexibility index (Phi) is 4.50. The molecule has 0 radical (unpaired) electrons. The van der Waals surface area contributed by atoms with Crippen molar-refractivity contribution in [3.8, 4) is 17.0 Å². The fourth-order valence-electron chi connectivity index (χ4n) is 2.65. The summed E-state index contributed by atoms with van der Waals surface area (Å²) < 4.78 is 6.32. The number of halogens is 2. The summed E-state index contributed by atoms with van der Waals surface area (Å²) in [6.07, 6.45) is 0.915. The van der Waals surface area contributed by atoms with Gasteiger partial charge >= 0.3 is 0 Å². The zero-order valence-electron chi connectivity index (χ0n) is 12.9. The van der Waals surface area contributed by atoms with Gasteiger partial charge in [-0.1, -0.05) is 27.5 Å². The number of aromatic nitrogens is 1. The molecule has 0 bridgehead atoms. The molecule has 0 saturated heterocycles. The van der Waals surface area contributed by atoms with Crippen LogP contribution in [0, 0.1) is 0 Å². The van der Waals surface area contributed by atoms with Gasteiger partial charge in [-0.25, -0.2) is 4.98 Å². The summed E-state index contributed by atoms with van der Waals surface area (Å²) in [5.41, 5.74) is 3.44. The standard InChI is InChI=1S/C18H12BrClN2O2S/c19-12-2-3-14(20)13(8-12)17(23)22-18-21-15(9-25-18)10-1-4-16-11(7-10)5-6-24-16/h1-4,7-9H,5-6H2,(H,21,22,23). The van der Waals surface area contributed by atoms with Crippen LogP contribution in [0.3, 0.4) is 0 Å². The summed E-state index contributed by atoms with van der Waals surface area (Å²) >= 11 is 10.8. The van der Waals surface area contributed by atoms with Crippen molar-refractivity contribution >= 4 is 49.9 Å². The van der Waals surface area contributed by atoms with Crippen LogP contribution >= 0.6 is 38.9 Å². The fraction of sp³-hybridized carbons (Fsp3) is 0.111. The number of fused-ring (bicyclic) bond motifs is 1. The van der Waals surface area contributed by atoms with Gasteiger partial charge in [-0.3, -0.25) is 10.1 Å². The molecule has 2 aromatic carbocycles. The van der Waals surface area contributed by atoms with Crippen molar-refractivity contribution < 1.29 is 9.53 Å². The lowest BCUT2D eigenvalue weighted by Crippen LogP contribution is -2.12. The minimum atomic E-state index is -0.283. The van der Waals surface area contributed by atoms with Crippen LogP contribution in [0.1, 0.15) is 15.9 Å². The van der Waals surface area contributed by atoms with E-state index in [-0.39, 0.29) is 5.91 Å². The van der Waals surface area contributed by atoms with E-state index in [2.05, 4.69) is 32.3 Å². The van der Waals surface area contributed by atoms with Crippen LogP contribution in [0.25, 0.3) is 11.3 Å². The average molecular weight is 436 g/mol. The van der Waals surface area contributed by atoms with Gasteiger partial charge in [0.15, 0.2) is 5.13 Å². The second-order valence-corrected chi connectivity index (χ2v) is 7.72. The van der Waals surface area contributed by atoms with Crippen LogP contribution in [0.4, 0.5) is 5.13 Å². The summed E-state index contributed by atoms with van der Waals surface area (Å²) in [6.45, 7) is 0.727. The maximum atomic E-state index is 12.4. The SMILES string of the molecule is O=C(Nc1nc(-c2ccc3c(c2)CCO3)cs1)c1cc(Br)ccc1Cl. The molecule has 0 fully saturated rings. The molecule has 2 heterocycles. The molecule has 126 valence electrons. The molecule has 0 saturated carbocycles. The highest BCUT2D eigenvalue weighted by molar-refractivity contribution is 9.10. The van der Waals surface area contributed by atoms with E-state index >= 15 is 0 Å². The van der Waals surface area contributed by atoms with Crippen molar-refractivity contribution in [2.45, 2.75) is 6.42 Å². The molecule has 1 aromatic heterocycles. The number of carbonyl (C=O) groups excluding carboxylic acids is 1. The number of carbonyl (C=O) groups is 1. The van der Waals surface area contributed by atoms with E-state index in [9.17, 15) is 4.79 Å². The summed E-state index contributed by atoms with van der Waals surface area (Å²) in [4.78, 5) is 16.9. The Balaban J connectivity index is 1.55. The maximum absolute atomic E-state index is 12.4. The number of nitrogens with one attached hydrogen (secondary N) is 1. The summed E-state index contributed by atoms with van der Waals surface area (Å²) in [7, 11) is 0. The topological polar surface area (TPSA) is 51.2 Å². The number of nitrogens with zero attached hydrogens (tertiary/aromatic N) is 1. The second kappa shape index (κ2) is 6.78. The number of ether oxygens (including phenoxy) is 1. The van der Waals surface area contributed by atoms with E-state index in [0.717, 1.165) is 34.5 Å². The molecule has 4 nitrogen and oxygen atoms in total. The van der Waals surface area contributed by atoms with Gasteiger partial charge in [-0.05, 0) is 42.0 Å². The van der Waals surface area contributed by atoms with Gasteiger partial charge in [0.1, 0.15) is 5.75 Å². The molecule has 1 amide bonds. The molecule has 1 aliphatic rings. The molecule has 0 atom stereocenters. The quantitative estimate of drug-likeness (QED) is 0.598. The Morgan fingerprint density at radius 3 is 3.04 bits per heavy atom. The Morgan fingerprint density at radius 2 is 2.16 bits per heavy atom. The van der Waals surface area contributed by atoms with Gasteiger partial charge in [0, 0.05) is 21.8 Å². The number of hydrogen-bond acceptors (Lipinski definition) is 4. The van der Waals surface area contributed by atoms with E-state index in [0.29, 0.717) is 15.7 Å². The van der Waals surface area contributed by atoms with Crippen LogP contribution in [0.2, 0.25) is 5.02 Å². The highest BCUT2D eigenvalue weighted by Crippen LogP contribution is 2.32. The molecule has 4 rings (SSSR count). The van der Waals surface area contributed by atoms with Gasteiger partial charge in [0.05, 0.1) is 22.9 Å². The van der Waals surface area contributed by atoms with Crippen molar-refractivity contribution in [2.24, 2.45) is 0 Å². The summed E-state index contributed by atoms with van der Waals surface area (Å²) in [5, 5.41) is 5.67. The predicted molar refractivity (Wildman–Crippen MR) is 104 cm³/mol. The zero-order valence-corrected chi connectivity index (χ0v) is 16.0. The smallest absolute Gasteiger partial charge is 0.258 e. The first-order valence-electron chi connectivity index (χ1n) is 7.58. The minimum Gasteiger partial charge on any atom is -0.493 e. The van der Waals surface area contributed by atoms with Crippen LogP contribution in [0.15, 0.2) is 46.3 Å². The Labute approximate surface area is 161 Å². The lowest BCUT2D eigenvalue weighted by molar-refractivity contribution is 0.102. The van der Waals surface area contributed by atoms with Gasteiger partial charge in [0.25, 0.3) is 5.91 Å². The number of thiazole rings is 1. The van der Waals surface area contributed by atoms with Crippen molar-refractivity contribution in [3.63, 3.8) is 0 Å². The lowest BCUT2D eigenvalue weighted by atomic mass is 10.1. The van der Waals surface area contributed by atoms with Crippen molar-refractivity contribution in [2.75, 3.05) is 11.9 Å². The highest BCUT2D eigenvalue weighted by Gasteiger charge is 2.16. The zero-order chi connectivity index (χ0) is 17.4. The normalized spacial score (nSPS) is 12.6. The fourth-order valence-corrected chi connectivity index (χ4v) is 3.92. The molecule has 0 spiro atoms. The van der Waals surface area contributed by atoms with Crippen LogP contribution in [0.5, 0.6) is 5.75 Å². The number of hydrogen-bond donors (Lipinski definition) is 1. The Hall–Kier alpha value is -1.89. The summed E-state index contributed by atoms with van der Waals surface area (Å²) in [6, 6.07) is 11.2. The van der Waals surface area contributed by atoms with Gasteiger partial charge in [-0.2, -0.15) is 0 Å². The number of rotatable bonds is 3. The van der Waals surface area contributed by atoms with E-state index in [1.807, 2.05) is 17.5 Å². The third-order valence-electron chi connectivity index (χ3n) is 3.88. The first-order valence-corrected chi connectivity index (χ1v) is 9.63. The lowest BCUT2D eigenvalue weighted by Gasteiger charge is -2.05. The average Bonchev–Trinajstić information content (AvgIpc) is 3.25. The molecule has 0 unspecified atom stereocenters. The molecule has 25 heavy (non-hydrogen) atoms. The van der Waals surface area contributed by atoms with E-state index in [1.165, 1.54) is 16.9 Å². The van der Waals surface area contributed by atoms with Gasteiger partial charge in [0.2, 0.25) is 0 Å². The molecule has 3 aromatic rings. The molecule has 1 N–H and O–H groups in total. The van der Waals surface area contributed by atoms with Gasteiger partial charge < -0.3 is 4.74 Å². The number of amides is 1. The molecule has 0 aliphatic carbocycles. The van der Waals surface area contributed by atoms with Gasteiger partial charge in [-0.15, -0.1) is 11.3 Å². The first-order chi connectivity index (χ1) is 12.1. The summed E-state index contributed by atoms with van der Waals surface area (Å²) in [5.74, 6) is 0.659. The number of anilines is 1. The molecule has 7 heteroatoms. The third-order valence-corrected chi connectivity index (χ3v) is 5.46. The highest BCUT2D eigenvalue weighted by atomic mass is 79.9. The van der Waals surface area contributed by atoms with Crippen LogP contribution < -0.4 is 10.1 Å². The number of benzene rings is 2. The van der Waals surface area contributed by atoms with Crippen LogP contribution in [-0.4, -0.2) is 17.5 Å². The van der Waals surface area contributed by atoms with Crippen molar-refractivity contribution in [1.82, 2.24) is 4.98 Å². The van der Waals surface area contributed by atoms with E-state index < -0.39 is 0 Å². The Morgan fingerprint density at radius 1 is 1.28 bits per heavy atom. The van der Waals surface area contributed by atoms with E-state index in [1.54, 1.807) is 18.2 Å². The van der Waals surface area contributed by atoms with Crippen molar-refractivity contribution in [1.29, 1.82) is 0 Å². The van der Waals surface area contributed by atoms with Crippen molar-refractivity contribution in [3.05, 3.63) is 62.4 Å². The monoisotopic (exact) mass is 434 g/mol. The first kappa shape index (κ1) is 16.6. The van der Waals surface area contributed by atoms with Crippen LogP contribution in [-0.2, 0) is 6.42 Å².